The van der Waals surface area contributed by atoms with Crippen molar-refractivity contribution in [2.45, 2.75) is 18.9 Å². The van der Waals surface area contributed by atoms with E-state index in [0.717, 1.165) is 16.5 Å². The van der Waals surface area contributed by atoms with Crippen molar-refractivity contribution < 1.29 is 23.9 Å². The van der Waals surface area contributed by atoms with Crippen molar-refractivity contribution in [3.63, 3.8) is 0 Å². The molecule has 0 saturated carbocycles. The summed E-state index contributed by atoms with van der Waals surface area (Å²) in [6.45, 7) is 0.157. The van der Waals surface area contributed by atoms with Gasteiger partial charge < -0.3 is 14.4 Å². The van der Waals surface area contributed by atoms with Gasteiger partial charge in [-0.05, 0) is 60.0 Å². The summed E-state index contributed by atoms with van der Waals surface area (Å²) in [7, 11) is 0. The number of ether oxygens (including phenoxy) is 2. The van der Waals surface area contributed by atoms with Crippen LogP contribution in [0, 0.1) is 5.92 Å². The van der Waals surface area contributed by atoms with Crippen LogP contribution in [-0.4, -0.2) is 36.2 Å². The van der Waals surface area contributed by atoms with Gasteiger partial charge in [-0.1, -0.05) is 48.0 Å². The normalized spacial score (nSPS) is 15.8. The van der Waals surface area contributed by atoms with E-state index in [1.54, 1.807) is 53.4 Å². The number of benzene rings is 4. The van der Waals surface area contributed by atoms with Crippen molar-refractivity contribution in [1.82, 2.24) is 0 Å². The molecule has 1 amide bonds. The molecule has 5 rings (SSSR count). The van der Waals surface area contributed by atoms with E-state index in [9.17, 15) is 14.4 Å². The van der Waals surface area contributed by atoms with Gasteiger partial charge in [0.2, 0.25) is 11.7 Å². The van der Waals surface area contributed by atoms with Crippen LogP contribution in [0.1, 0.15) is 23.2 Å². The maximum absolute atomic E-state index is 13.0. The Bertz CT molecular complexity index is 1500. The highest BCUT2D eigenvalue weighted by molar-refractivity contribution is 6.30. The van der Waals surface area contributed by atoms with Crippen molar-refractivity contribution in [2.75, 3.05) is 17.3 Å². The second-order valence-electron chi connectivity index (χ2n) is 9.25. The number of Topliss-reactive ketones (excluding diaryl/α,β-unsaturated/α-hetero) is 1. The standard InChI is InChI=1S/C31H25Cl2NO5/c32-17-16-28(30(36)21-8-10-23(33)11-9-21)39-31(37)22-18-29(35)34(19-22)24-12-14-25(15-13-24)38-27-7-3-5-20-4-1-2-6-26(20)27/h1-15,22,28H,16-19H2/t22-,28+/m1/s1. The zero-order chi connectivity index (χ0) is 27.4. The van der Waals surface area contributed by atoms with Crippen LogP contribution in [-0.2, 0) is 14.3 Å². The molecule has 4 aromatic carbocycles. The number of fused-ring (bicyclic) bond motifs is 1. The first kappa shape index (κ1) is 26.7. The van der Waals surface area contributed by atoms with E-state index in [2.05, 4.69) is 0 Å². The monoisotopic (exact) mass is 561 g/mol. The topological polar surface area (TPSA) is 72.9 Å². The summed E-state index contributed by atoms with van der Waals surface area (Å²) in [6, 6.07) is 27.3. The highest BCUT2D eigenvalue weighted by Crippen LogP contribution is 2.32. The Hall–Kier alpha value is -3.87. The first-order valence-electron chi connectivity index (χ1n) is 12.5. The summed E-state index contributed by atoms with van der Waals surface area (Å²) in [5.74, 6) is -0.344. The molecule has 2 atom stereocenters. The Kier molecular flexibility index (Phi) is 8.15. The van der Waals surface area contributed by atoms with Gasteiger partial charge in [0.1, 0.15) is 11.5 Å². The van der Waals surface area contributed by atoms with Crippen molar-refractivity contribution in [2.24, 2.45) is 5.92 Å². The molecule has 0 N–H and O–H groups in total. The third-order valence-electron chi connectivity index (χ3n) is 6.64. The van der Waals surface area contributed by atoms with Crippen molar-refractivity contribution in [1.29, 1.82) is 0 Å². The van der Waals surface area contributed by atoms with E-state index in [4.69, 9.17) is 32.7 Å². The molecule has 4 aromatic rings. The molecule has 0 bridgehead atoms. The molecule has 39 heavy (non-hydrogen) atoms. The summed E-state index contributed by atoms with van der Waals surface area (Å²) in [5.41, 5.74) is 1.02. The molecule has 0 spiro atoms. The molecule has 6 nitrogen and oxygen atoms in total. The van der Waals surface area contributed by atoms with Gasteiger partial charge in [0.25, 0.3) is 0 Å². The Balaban J connectivity index is 1.24. The van der Waals surface area contributed by atoms with E-state index in [0.29, 0.717) is 22.0 Å². The Morgan fingerprint density at radius 2 is 1.64 bits per heavy atom. The van der Waals surface area contributed by atoms with E-state index in [1.807, 2.05) is 42.5 Å². The molecule has 0 aromatic heterocycles. The van der Waals surface area contributed by atoms with Crippen LogP contribution in [0.25, 0.3) is 10.8 Å². The second kappa shape index (κ2) is 11.9. The third-order valence-corrected chi connectivity index (χ3v) is 7.11. The third kappa shape index (κ3) is 6.08. The molecule has 1 heterocycles. The molecule has 1 aliphatic heterocycles. The van der Waals surface area contributed by atoms with Crippen LogP contribution >= 0.6 is 23.2 Å². The summed E-state index contributed by atoms with van der Waals surface area (Å²) >= 11 is 11.8. The number of halogens is 2. The second-order valence-corrected chi connectivity index (χ2v) is 10.1. The van der Waals surface area contributed by atoms with E-state index < -0.39 is 18.0 Å². The van der Waals surface area contributed by atoms with Gasteiger partial charge in [0.05, 0.1) is 5.92 Å². The molecule has 1 aliphatic rings. The van der Waals surface area contributed by atoms with Gasteiger partial charge in [0.15, 0.2) is 6.10 Å². The number of nitrogens with zero attached hydrogens (tertiary/aromatic N) is 1. The summed E-state index contributed by atoms with van der Waals surface area (Å²) in [4.78, 5) is 40.2. The largest absolute Gasteiger partial charge is 0.457 e. The van der Waals surface area contributed by atoms with Gasteiger partial charge >= 0.3 is 5.97 Å². The SMILES string of the molecule is O=C(O[C@@H](CCCl)C(=O)c1ccc(Cl)cc1)[C@@H]1CC(=O)N(c2ccc(Oc3cccc4ccccc34)cc2)C1. The molecule has 0 radical (unpaired) electrons. The minimum atomic E-state index is -1.04. The maximum Gasteiger partial charge on any atom is 0.312 e. The van der Waals surface area contributed by atoms with Gasteiger partial charge in [0, 0.05) is 46.9 Å². The van der Waals surface area contributed by atoms with Crippen LogP contribution in [0.15, 0.2) is 91.0 Å². The molecular formula is C31H25Cl2NO5. The number of anilines is 1. The summed E-state index contributed by atoms with van der Waals surface area (Å²) in [5, 5.41) is 2.58. The average Bonchev–Trinajstić information content (AvgIpc) is 3.35. The van der Waals surface area contributed by atoms with Crippen molar-refractivity contribution >= 4 is 57.3 Å². The number of ketones is 1. The van der Waals surface area contributed by atoms with Gasteiger partial charge in [-0.2, -0.15) is 0 Å². The number of hydrogen-bond acceptors (Lipinski definition) is 5. The minimum absolute atomic E-state index is 0.00415. The number of amides is 1. The smallest absolute Gasteiger partial charge is 0.312 e. The lowest BCUT2D eigenvalue weighted by Gasteiger charge is -2.19. The van der Waals surface area contributed by atoms with E-state index >= 15 is 0 Å². The van der Waals surface area contributed by atoms with Gasteiger partial charge in [-0.25, -0.2) is 0 Å². The molecule has 1 saturated heterocycles. The summed E-state index contributed by atoms with van der Waals surface area (Å²) < 4.78 is 11.7. The highest BCUT2D eigenvalue weighted by Gasteiger charge is 2.38. The molecule has 8 heteroatoms. The number of hydrogen-bond donors (Lipinski definition) is 0. The van der Waals surface area contributed by atoms with Crippen molar-refractivity contribution in [3.8, 4) is 11.5 Å². The quantitative estimate of drug-likeness (QED) is 0.124. The zero-order valence-corrected chi connectivity index (χ0v) is 22.4. The van der Waals surface area contributed by atoms with Crippen LogP contribution in [0.4, 0.5) is 5.69 Å². The number of carbonyl (C=O) groups is 3. The number of carbonyl (C=O) groups excluding carboxylic acids is 3. The van der Waals surface area contributed by atoms with E-state index in [-0.39, 0.29) is 37.0 Å². The Morgan fingerprint density at radius 1 is 0.923 bits per heavy atom. The lowest BCUT2D eigenvalue weighted by molar-refractivity contribution is -0.151. The average molecular weight is 562 g/mol. The van der Waals surface area contributed by atoms with Crippen LogP contribution in [0.3, 0.4) is 0 Å². The predicted molar refractivity (Wildman–Crippen MR) is 152 cm³/mol. The highest BCUT2D eigenvalue weighted by atomic mass is 35.5. The maximum atomic E-state index is 13.0. The molecule has 0 aliphatic carbocycles. The molecule has 198 valence electrons. The van der Waals surface area contributed by atoms with Gasteiger partial charge in [-0.15, -0.1) is 11.6 Å². The van der Waals surface area contributed by atoms with Crippen LogP contribution < -0.4 is 9.64 Å². The number of esters is 1. The van der Waals surface area contributed by atoms with E-state index in [1.165, 1.54) is 0 Å². The van der Waals surface area contributed by atoms with Crippen LogP contribution in [0.2, 0.25) is 5.02 Å². The molecule has 0 unspecified atom stereocenters. The fraction of sp³-hybridized carbons (Fsp3) is 0.194. The Morgan fingerprint density at radius 3 is 2.38 bits per heavy atom. The molecular weight excluding hydrogens is 537 g/mol. The first-order chi connectivity index (χ1) is 18.9. The first-order valence-corrected chi connectivity index (χ1v) is 13.5. The summed E-state index contributed by atoms with van der Waals surface area (Å²) in [6.07, 6.45) is -0.876. The fourth-order valence-electron chi connectivity index (χ4n) is 4.60. The number of alkyl halides is 1. The van der Waals surface area contributed by atoms with Crippen molar-refractivity contribution in [3.05, 3.63) is 102 Å². The lowest BCUT2D eigenvalue weighted by Crippen LogP contribution is -2.32. The zero-order valence-electron chi connectivity index (χ0n) is 20.9. The predicted octanol–water partition coefficient (Wildman–Crippen LogP) is 7.06. The van der Waals surface area contributed by atoms with Gasteiger partial charge in [-0.3, -0.25) is 14.4 Å². The lowest BCUT2D eigenvalue weighted by atomic mass is 10.0. The minimum Gasteiger partial charge on any atom is -0.457 e. The fourth-order valence-corrected chi connectivity index (χ4v) is 4.92. The van der Waals surface area contributed by atoms with Crippen LogP contribution in [0.5, 0.6) is 11.5 Å². The number of rotatable bonds is 9. The Labute approximate surface area is 236 Å². The molecule has 1 fully saturated rings.